The number of rotatable bonds is 2. The van der Waals surface area contributed by atoms with Gasteiger partial charge in [-0.05, 0) is 38.7 Å². The second-order valence-corrected chi connectivity index (χ2v) is 6.42. The molecule has 2 rings (SSSR count). The second-order valence-electron chi connectivity index (χ2n) is 5.81. The van der Waals surface area contributed by atoms with Crippen molar-refractivity contribution >= 4 is 17.6 Å². The smallest absolute Gasteiger partial charge is 0.410 e. The summed E-state index contributed by atoms with van der Waals surface area (Å²) in [5.74, 6) is -0.00332. The first-order valence-electron chi connectivity index (χ1n) is 6.27. The van der Waals surface area contributed by atoms with Gasteiger partial charge in [-0.3, -0.25) is 0 Å². The van der Waals surface area contributed by atoms with Crippen LogP contribution in [-0.2, 0) is 11.2 Å². The molecule has 7 heteroatoms. The van der Waals surface area contributed by atoms with E-state index in [1.165, 1.54) is 11.5 Å². The fourth-order valence-electron chi connectivity index (χ4n) is 2.07. The molecule has 0 radical (unpaired) electrons. The topological polar surface area (TPSA) is 75.5 Å². The molecule has 1 aliphatic heterocycles. The average molecular weight is 285 g/mol. The molecule has 0 unspecified atom stereocenters. The lowest BCUT2D eigenvalue weighted by molar-refractivity contribution is 0.0269. The Morgan fingerprint density at radius 2 is 2.32 bits per heavy atom. The molecule has 0 aliphatic carbocycles. The highest BCUT2D eigenvalue weighted by molar-refractivity contribution is 7.03. The van der Waals surface area contributed by atoms with E-state index < -0.39 is 11.7 Å². The van der Waals surface area contributed by atoms with Crippen molar-refractivity contribution in [2.75, 3.05) is 13.1 Å². The number of hydrogen-bond donors (Lipinski definition) is 1. The van der Waals surface area contributed by atoms with Crippen molar-refractivity contribution in [3.05, 3.63) is 11.1 Å². The fourth-order valence-corrected chi connectivity index (χ4v) is 2.54. The molecule has 2 heterocycles. The van der Waals surface area contributed by atoms with Crippen molar-refractivity contribution < 1.29 is 14.6 Å². The summed E-state index contributed by atoms with van der Waals surface area (Å²) in [5.41, 5.74) is 0.346. The highest BCUT2D eigenvalue weighted by Gasteiger charge is 2.36. The molecular weight excluding hydrogens is 266 g/mol. The van der Waals surface area contributed by atoms with Crippen molar-refractivity contribution in [1.82, 2.24) is 14.5 Å². The molecule has 106 valence electrons. The van der Waals surface area contributed by atoms with Crippen LogP contribution in [0.5, 0.6) is 0 Å². The molecule has 1 N–H and O–H groups in total. The predicted octanol–water partition coefficient (Wildman–Crippen LogP) is 1.31. The number of aliphatic hydroxyl groups is 1. The average Bonchev–Trinajstić information content (AvgIpc) is 2.88. The molecule has 1 saturated heterocycles. The number of amides is 1. The molecule has 6 nitrogen and oxygen atoms in total. The maximum Gasteiger partial charge on any atom is 0.410 e. The van der Waals surface area contributed by atoms with Gasteiger partial charge in [0.1, 0.15) is 5.60 Å². The van der Waals surface area contributed by atoms with Crippen molar-refractivity contribution in [3.63, 3.8) is 0 Å². The second kappa shape index (κ2) is 5.42. The third-order valence-corrected chi connectivity index (χ3v) is 3.49. The minimum absolute atomic E-state index is 0.00332. The Hall–Kier alpha value is -1.21. The van der Waals surface area contributed by atoms with Gasteiger partial charge in [0.05, 0.1) is 18.3 Å². The van der Waals surface area contributed by atoms with Gasteiger partial charge in [-0.25, -0.2) is 4.79 Å². The van der Waals surface area contributed by atoms with Gasteiger partial charge in [-0.2, -0.15) is 0 Å². The van der Waals surface area contributed by atoms with Gasteiger partial charge in [0.15, 0.2) is 0 Å². The van der Waals surface area contributed by atoms with Gasteiger partial charge in [0.2, 0.25) is 0 Å². The van der Waals surface area contributed by atoms with E-state index in [-0.39, 0.29) is 12.0 Å². The van der Waals surface area contributed by atoms with Crippen LogP contribution < -0.4 is 0 Å². The number of hydrogen-bond acceptors (Lipinski definition) is 6. The molecule has 0 bridgehead atoms. The van der Waals surface area contributed by atoms with Crippen LogP contribution >= 0.6 is 11.5 Å². The van der Waals surface area contributed by atoms with Crippen LogP contribution in [-0.4, -0.2) is 50.5 Å². The number of aromatic nitrogens is 2. The Bertz CT molecular complexity index is 430. The molecular formula is C12H19N3O3S. The van der Waals surface area contributed by atoms with E-state index in [0.29, 0.717) is 19.5 Å². The number of carbonyl (C=O) groups excluding carboxylic acids is 1. The van der Waals surface area contributed by atoms with E-state index in [1.807, 2.05) is 26.2 Å². The summed E-state index contributed by atoms with van der Waals surface area (Å²) < 4.78 is 9.10. The SMILES string of the molecule is CC(C)(C)OC(=O)N1C[C@@H](Cc2csnn2)[C@H](O)C1. The molecule has 0 saturated carbocycles. The Kier molecular flexibility index (Phi) is 4.05. The Labute approximate surface area is 116 Å². The summed E-state index contributed by atoms with van der Waals surface area (Å²) in [7, 11) is 0. The van der Waals surface area contributed by atoms with Crippen LogP contribution in [0.2, 0.25) is 0 Å². The van der Waals surface area contributed by atoms with Crippen LogP contribution in [0.1, 0.15) is 26.5 Å². The van der Waals surface area contributed by atoms with Gasteiger partial charge in [-0.1, -0.05) is 4.49 Å². The molecule has 0 aromatic carbocycles. The first-order valence-corrected chi connectivity index (χ1v) is 7.11. The third-order valence-electron chi connectivity index (χ3n) is 2.93. The molecule has 1 aromatic rings. The van der Waals surface area contributed by atoms with Gasteiger partial charge in [-0.15, -0.1) is 5.10 Å². The normalized spacial score (nSPS) is 23.7. The summed E-state index contributed by atoms with van der Waals surface area (Å²) in [6.07, 6.45) is -0.267. The van der Waals surface area contributed by atoms with E-state index in [4.69, 9.17) is 4.74 Å². The van der Waals surface area contributed by atoms with E-state index in [0.717, 1.165) is 5.69 Å². The highest BCUT2D eigenvalue weighted by Crippen LogP contribution is 2.23. The molecule has 1 fully saturated rings. The first kappa shape index (κ1) is 14.2. The third kappa shape index (κ3) is 3.87. The number of aliphatic hydroxyl groups excluding tert-OH is 1. The summed E-state index contributed by atoms with van der Waals surface area (Å²) in [6.45, 7) is 6.30. The standard InChI is InChI=1S/C12H19N3O3S/c1-12(2,3)18-11(17)15-5-8(10(16)6-15)4-9-7-19-14-13-9/h7-8,10,16H,4-6H2,1-3H3/t8-,10-/m1/s1. The van der Waals surface area contributed by atoms with Crippen molar-refractivity contribution in [1.29, 1.82) is 0 Å². The lowest BCUT2D eigenvalue weighted by Gasteiger charge is -2.24. The Morgan fingerprint density at radius 1 is 1.58 bits per heavy atom. The number of ether oxygens (including phenoxy) is 1. The van der Waals surface area contributed by atoms with Crippen molar-refractivity contribution in [3.8, 4) is 0 Å². The van der Waals surface area contributed by atoms with E-state index >= 15 is 0 Å². The first-order chi connectivity index (χ1) is 8.85. The quantitative estimate of drug-likeness (QED) is 0.886. The van der Waals surface area contributed by atoms with Gasteiger partial charge < -0.3 is 14.7 Å². The van der Waals surface area contributed by atoms with Crippen LogP contribution in [0, 0.1) is 5.92 Å². The van der Waals surface area contributed by atoms with E-state index in [9.17, 15) is 9.90 Å². The number of β-amino-alcohol motifs (C(OH)–C–C–N with tert-alkyl or cyclic N) is 1. The number of carbonyl (C=O) groups is 1. The molecule has 2 atom stereocenters. The largest absolute Gasteiger partial charge is 0.444 e. The monoisotopic (exact) mass is 285 g/mol. The maximum atomic E-state index is 11.9. The van der Waals surface area contributed by atoms with Crippen LogP contribution in [0.3, 0.4) is 0 Å². The summed E-state index contributed by atoms with van der Waals surface area (Å²) in [5, 5.41) is 15.8. The Morgan fingerprint density at radius 3 is 2.89 bits per heavy atom. The minimum Gasteiger partial charge on any atom is -0.444 e. The van der Waals surface area contributed by atoms with Crippen LogP contribution in [0.25, 0.3) is 0 Å². The van der Waals surface area contributed by atoms with Crippen molar-refractivity contribution in [2.45, 2.75) is 38.9 Å². The van der Waals surface area contributed by atoms with Gasteiger partial charge in [0.25, 0.3) is 0 Å². The van der Waals surface area contributed by atoms with Gasteiger partial charge >= 0.3 is 6.09 Å². The predicted molar refractivity (Wildman–Crippen MR) is 70.9 cm³/mol. The summed E-state index contributed by atoms with van der Waals surface area (Å²) in [4.78, 5) is 13.5. The minimum atomic E-state index is -0.533. The van der Waals surface area contributed by atoms with Crippen molar-refractivity contribution in [2.24, 2.45) is 5.92 Å². The fraction of sp³-hybridized carbons (Fsp3) is 0.750. The molecule has 1 aliphatic rings. The van der Waals surface area contributed by atoms with Crippen LogP contribution in [0.15, 0.2) is 5.38 Å². The Balaban J connectivity index is 1.91. The highest BCUT2D eigenvalue weighted by atomic mass is 32.1. The zero-order valence-electron chi connectivity index (χ0n) is 11.4. The zero-order valence-corrected chi connectivity index (χ0v) is 12.2. The lowest BCUT2D eigenvalue weighted by atomic mass is 10.0. The lowest BCUT2D eigenvalue weighted by Crippen LogP contribution is -2.35. The van der Waals surface area contributed by atoms with E-state index in [2.05, 4.69) is 9.59 Å². The summed E-state index contributed by atoms with van der Waals surface area (Å²) in [6, 6.07) is 0. The molecule has 1 aromatic heterocycles. The van der Waals surface area contributed by atoms with Gasteiger partial charge in [0, 0.05) is 17.8 Å². The maximum absolute atomic E-state index is 11.9. The number of nitrogens with zero attached hydrogens (tertiary/aromatic N) is 3. The van der Waals surface area contributed by atoms with E-state index in [1.54, 1.807) is 4.90 Å². The zero-order chi connectivity index (χ0) is 14.0. The molecule has 0 spiro atoms. The molecule has 1 amide bonds. The number of likely N-dealkylation sites (tertiary alicyclic amines) is 1. The van der Waals surface area contributed by atoms with Crippen LogP contribution in [0.4, 0.5) is 4.79 Å². The summed E-state index contributed by atoms with van der Waals surface area (Å²) >= 11 is 1.29. The molecule has 19 heavy (non-hydrogen) atoms.